The molecule has 1 amide bonds. The Hall–Kier alpha value is -4.21. The van der Waals surface area contributed by atoms with Crippen LogP contribution >= 0.6 is 0 Å². The molecule has 0 radical (unpaired) electrons. The second-order valence-electron chi connectivity index (χ2n) is 10.9. The van der Waals surface area contributed by atoms with Crippen LogP contribution in [-0.4, -0.2) is 64.7 Å². The molecule has 4 N–H and O–H groups in total. The molecule has 40 heavy (non-hydrogen) atoms. The third-order valence-corrected chi connectivity index (χ3v) is 7.93. The summed E-state index contributed by atoms with van der Waals surface area (Å²) in [6, 6.07) is 9.48. The molecule has 10 heteroatoms. The molecule has 0 bridgehead atoms. The third-order valence-electron chi connectivity index (χ3n) is 7.93. The van der Waals surface area contributed by atoms with Crippen molar-refractivity contribution < 1.29 is 19.7 Å². The number of ether oxygens (including phenoxy) is 2. The molecule has 3 aromatic rings. The Morgan fingerprint density at radius 2 is 1.98 bits per heavy atom. The molecule has 0 saturated carbocycles. The van der Waals surface area contributed by atoms with Crippen LogP contribution in [0.3, 0.4) is 0 Å². The van der Waals surface area contributed by atoms with Gasteiger partial charge in [0.2, 0.25) is 5.71 Å². The minimum absolute atomic E-state index is 0.103. The maximum atomic E-state index is 12.2. The molecule has 2 aliphatic heterocycles. The minimum atomic E-state index is -0.220. The highest BCUT2D eigenvalue weighted by atomic mass is 16.6. The van der Waals surface area contributed by atoms with E-state index in [0.717, 1.165) is 67.2 Å². The SMILES string of the molecule is CCOC(=O)N1CCCC2(C1)CN(c1ccc(C(=[NH2+])c3cc(O[C@H](C)c4c(C)cnnc4C)ccc3N)cn1)C2. The van der Waals surface area contributed by atoms with E-state index in [4.69, 9.17) is 25.6 Å². The van der Waals surface area contributed by atoms with E-state index in [1.54, 1.807) is 18.5 Å². The summed E-state index contributed by atoms with van der Waals surface area (Å²) in [7, 11) is 0. The fourth-order valence-corrected chi connectivity index (χ4v) is 5.98. The normalized spacial score (nSPS) is 16.8. The molecule has 1 aromatic carbocycles. The second-order valence-corrected chi connectivity index (χ2v) is 10.9. The number of pyridine rings is 1. The van der Waals surface area contributed by atoms with Crippen molar-refractivity contribution in [2.75, 3.05) is 43.4 Å². The van der Waals surface area contributed by atoms with E-state index < -0.39 is 0 Å². The number of carbonyl (C=O) groups is 1. The molecule has 2 saturated heterocycles. The number of aromatic nitrogens is 3. The lowest BCUT2D eigenvalue weighted by atomic mass is 9.73. The number of piperidine rings is 1. The summed E-state index contributed by atoms with van der Waals surface area (Å²) < 4.78 is 11.5. The molecule has 2 aromatic heterocycles. The molecule has 5 rings (SSSR count). The number of nitrogen functional groups attached to an aromatic ring is 1. The number of rotatable bonds is 7. The summed E-state index contributed by atoms with van der Waals surface area (Å²) >= 11 is 0. The smallest absolute Gasteiger partial charge is 0.409 e. The molecule has 2 fully saturated rings. The van der Waals surface area contributed by atoms with Crippen LogP contribution in [0.4, 0.5) is 16.3 Å². The van der Waals surface area contributed by atoms with Crippen LogP contribution in [0.1, 0.15) is 60.7 Å². The molecule has 0 aliphatic carbocycles. The van der Waals surface area contributed by atoms with E-state index in [0.29, 0.717) is 29.3 Å². The Morgan fingerprint density at radius 3 is 2.67 bits per heavy atom. The fraction of sp³-hybridized carbons (Fsp3) is 0.433. The quantitative estimate of drug-likeness (QED) is 0.343. The summed E-state index contributed by atoms with van der Waals surface area (Å²) in [5.74, 6) is 1.56. The predicted molar refractivity (Wildman–Crippen MR) is 153 cm³/mol. The zero-order valence-electron chi connectivity index (χ0n) is 23.7. The second kappa shape index (κ2) is 11.1. The molecule has 2 aliphatic rings. The average molecular weight is 545 g/mol. The number of hydrogen-bond acceptors (Lipinski definition) is 8. The van der Waals surface area contributed by atoms with Gasteiger partial charge in [0.05, 0.1) is 29.6 Å². The average Bonchev–Trinajstić information content (AvgIpc) is 2.92. The largest absolute Gasteiger partial charge is 0.486 e. The van der Waals surface area contributed by atoms with Crippen LogP contribution in [0, 0.1) is 19.3 Å². The topological polar surface area (TPSA) is 132 Å². The first kappa shape index (κ1) is 27.4. The number of amides is 1. The van der Waals surface area contributed by atoms with Crippen LogP contribution in [0.25, 0.3) is 0 Å². The van der Waals surface area contributed by atoms with Crippen molar-refractivity contribution in [3.8, 4) is 5.75 Å². The summed E-state index contributed by atoms with van der Waals surface area (Å²) in [5.41, 5.74) is 11.9. The molecular weight excluding hydrogens is 506 g/mol. The highest BCUT2D eigenvalue weighted by molar-refractivity contribution is 6.12. The Kier molecular flexibility index (Phi) is 7.60. The van der Waals surface area contributed by atoms with Crippen molar-refractivity contribution in [2.45, 2.75) is 46.6 Å². The number of nitrogens with zero attached hydrogens (tertiary/aromatic N) is 5. The highest BCUT2D eigenvalue weighted by Crippen LogP contribution is 2.41. The first-order chi connectivity index (χ1) is 19.2. The van der Waals surface area contributed by atoms with Gasteiger partial charge < -0.3 is 25.0 Å². The number of carbonyl (C=O) groups excluding carboxylic acids is 1. The Morgan fingerprint density at radius 1 is 1.18 bits per heavy atom. The van der Waals surface area contributed by atoms with Crippen LogP contribution < -0.4 is 20.8 Å². The molecule has 4 heterocycles. The number of nitrogens with two attached hydrogens (primary N) is 2. The molecule has 210 valence electrons. The zero-order valence-corrected chi connectivity index (χ0v) is 23.7. The van der Waals surface area contributed by atoms with E-state index in [-0.39, 0.29) is 17.6 Å². The van der Waals surface area contributed by atoms with Gasteiger partial charge in [-0.25, -0.2) is 9.78 Å². The van der Waals surface area contributed by atoms with Gasteiger partial charge in [-0.15, -0.1) is 0 Å². The van der Waals surface area contributed by atoms with Gasteiger partial charge >= 0.3 is 6.09 Å². The first-order valence-electron chi connectivity index (χ1n) is 13.8. The van der Waals surface area contributed by atoms with Crippen LogP contribution in [0.5, 0.6) is 5.75 Å². The van der Waals surface area contributed by atoms with Gasteiger partial charge in [-0.1, -0.05) is 0 Å². The number of likely N-dealkylation sites (tertiary alicyclic amines) is 1. The Labute approximate surface area is 235 Å². The predicted octanol–water partition coefficient (Wildman–Crippen LogP) is 2.87. The van der Waals surface area contributed by atoms with Gasteiger partial charge in [-0.2, -0.15) is 10.2 Å². The summed E-state index contributed by atoms with van der Waals surface area (Å²) in [4.78, 5) is 21.0. The Bertz CT molecular complexity index is 1380. The number of benzene rings is 1. The third kappa shape index (κ3) is 5.43. The lowest BCUT2D eigenvalue weighted by Crippen LogP contribution is -2.64. The van der Waals surface area contributed by atoms with E-state index in [2.05, 4.69) is 15.1 Å². The summed E-state index contributed by atoms with van der Waals surface area (Å²) in [6.45, 7) is 11.4. The molecule has 10 nitrogen and oxygen atoms in total. The maximum absolute atomic E-state index is 12.2. The number of hydrogen-bond donors (Lipinski definition) is 2. The van der Waals surface area contributed by atoms with Crippen molar-refractivity contribution in [1.29, 1.82) is 0 Å². The van der Waals surface area contributed by atoms with Crippen LogP contribution in [0.15, 0.2) is 42.7 Å². The van der Waals surface area contributed by atoms with Crippen molar-refractivity contribution in [3.05, 3.63) is 70.7 Å². The highest BCUT2D eigenvalue weighted by Gasteiger charge is 2.47. The monoisotopic (exact) mass is 544 g/mol. The van der Waals surface area contributed by atoms with E-state index in [1.807, 2.05) is 56.9 Å². The maximum Gasteiger partial charge on any atom is 0.409 e. The van der Waals surface area contributed by atoms with Crippen LogP contribution in [-0.2, 0) is 4.74 Å². The zero-order chi connectivity index (χ0) is 28.4. The standard InChI is InChI=1S/C30H37N7O3/c1-5-39-29(38)36-12-6-11-30(16-36)17-37(18-30)26-10-7-22(15-33-26)28(32)24-13-23(8-9-25(24)31)40-21(4)27-19(2)14-34-35-20(27)3/h7-10,13-15,21,32H,5-6,11-12,16-18,31H2,1-4H3/p+1/t21-/m1/s1. The van der Waals surface area contributed by atoms with Crippen molar-refractivity contribution in [2.24, 2.45) is 5.41 Å². The van der Waals surface area contributed by atoms with E-state index in [9.17, 15) is 4.79 Å². The lowest BCUT2D eigenvalue weighted by molar-refractivity contribution is -0.111. The van der Waals surface area contributed by atoms with Crippen molar-refractivity contribution in [1.82, 2.24) is 20.1 Å². The van der Waals surface area contributed by atoms with Gasteiger partial charge in [-0.3, -0.25) is 5.41 Å². The summed E-state index contributed by atoms with van der Waals surface area (Å²) in [5, 5.41) is 14.8. The lowest BCUT2D eigenvalue weighted by Gasteiger charge is -2.54. The van der Waals surface area contributed by atoms with Gasteiger partial charge in [0.25, 0.3) is 0 Å². The molecular formula is C30H38N7O3+. The fourth-order valence-electron chi connectivity index (χ4n) is 5.98. The molecule has 1 atom stereocenters. The van der Waals surface area contributed by atoms with Gasteiger partial charge in [0, 0.05) is 49.0 Å². The van der Waals surface area contributed by atoms with E-state index >= 15 is 0 Å². The van der Waals surface area contributed by atoms with Gasteiger partial charge in [-0.05, 0) is 76.4 Å². The molecule has 0 unspecified atom stereocenters. The van der Waals surface area contributed by atoms with Crippen molar-refractivity contribution >= 4 is 23.3 Å². The van der Waals surface area contributed by atoms with Gasteiger partial charge in [0.15, 0.2) is 0 Å². The van der Waals surface area contributed by atoms with Crippen molar-refractivity contribution in [3.63, 3.8) is 0 Å². The Balaban J connectivity index is 1.24. The number of anilines is 2. The minimum Gasteiger partial charge on any atom is -0.486 e. The molecule has 1 spiro atoms. The van der Waals surface area contributed by atoms with Gasteiger partial charge in [0.1, 0.15) is 17.7 Å². The van der Waals surface area contributed by atoms with Crippen LogP contribution in [0.2, 0.25) is 0 Å². The summed E-state index contributed by atoms with van der Waals surface area (Å²) in [6.07, 6.45) is 5.19. The number of aryl methyl sites for hydroxylation is 2. The van der Waals surface area contributed by atoms with E-state index in [1.165, 1.54) is 0 Å². The first-order valence-corrected chi connectivity index (χ1v) is 13.8.